The van der Waals surface area contributed by atoms with Gasteiger partial charge in [0.15, 0.2) is 5.96 Å². The summed E-state index contributed by atoms with van der Waals surface area (Å²) in [6.45, 7) is 14.1. The second kappa shape index (κ2) is 10.3. The Morgan fingerprint density at radius 1 is 1.21 bits per heavy atom. The van der Waals surface area contributed by atoms with E-state index in [1.807, 2.05) is 0 Å². The smallest absolute Gasteiger partial charge is 0.191 e. The van der Waals surface area contributed by atoms with Crippen molar-refractivity contribution in [3.63, 3.8) is 0 Å². The number of rotatable bonds is 7. The Kier molecular flexibility index (Phi) is 7.82. The van der Waals surface area contributed by atoms with Crippen LogP contribution in [-0.4, -0.2) is 47.0 Å². The van der Waals surface area contributed by atoms with Gasteiger partial charge in [0, 0.05) is 29.9 Å². The molecule has 0 saturated carbocycles. The Balaban J connectivity index is 1.43. The predicted octanol–water partition coefficient (Wildman–Crippen LogP) is 3.49. The number of guanidine groups is 1. The number of likely N-dealkylation sites (tertiary alicyclic amines) is 1. The summed E-state index contributed by atoms with van der Waals surface area (Å²) in [7, 11) is 0. The minimum absolute atomic E-state index is 0.639. The second-order valence-electron chi connectivity index (χ2n) is 7.40. The van der Waals surface area contributed by atoms with Crippen LogP contribution in [0.5, 0.6) is 0 Å². The van der Waals surface area contributed by atoms with Crippen molar-refractivity contribution in [2.75, 3.05) is 26.2 Å². The number of hydrogen-bond donors (Lipinski definition) is 2. The van der Waals surface area contributed by atoms with Crippen LogP contribution >= 0.6 is 22.7 Å². The van der Waals surface area contributed by atoms with Crippen molar-refractivity contribution in [2.24, 2.45) is 10.9 Å². The summed E-state index contributed by atoms with van der Waals surface area (Å²) in [5, 5.41) is 11.3. The summed E-state index contributed by atoms with van der Waals surface area (Å²) < 4.78 is 0. The van der Waals surface area contributed by atoms with Crippen molar-refractivity contribution < 1.29 is 0 Å². The summed E-state index contributed by atoms with van der Waals surface area (Å²) >= 11 is 3.48. The van der Waals surface area contributed by atoms with Gasteiger partial charge in [-0.15, -0.1) is 22.7 Å². The normalized spacial score (nSPS) is 16.5. The number of piperidine rings is 1. The van der Waals surface area contributed by atoms with Crippen molar-refractivity contribution in [1.82, 2.24) is 25.5 Å². The lowest BCUT2D eigenvalue weighted by molar-refractivity contribution is 0.176. The summed E-state index contributed by atoms with van der Waals surface area (Å²) in [4.78, 5) is 17.7. The Hall–Kier alpha value is -1.51. The molecule has 6 nitrogen and oxygen atoms in total. The number of aromatic nitrogens is 2. The molecule has 3 rings (SSSR count). The predicted molar refractivity (Wildman–Crippen MR) is 119 cm³/mol. The first kappa shape index (κ1) is 21.2. The number of thiazole rings is 2. The summed E-state index contributed by atoms with van der Waals surface area (Å²) in [6, 6.07) is 0. The van der Waals surface area contributed by atoms with Gasteiger partial charge in [0.1, 0.15) is 5.01 Å². The maximum absolute atomic E-state index is 4.72. The standard InChI is InChI=1S/C20H32N6S2/c1-5-21-20(23-11-19-24-14(2)15(3)28-19)22-10-17-6-8-26(9-7-17)12-18-13-27-16(4)25-18/h13,17H,5-12H2,1-4H3,(H2,21,22,23). The van der Waals surface area contributed by atoms with Crippen molar-refractivity contribution in [3.8, 4) is 0 Å². The zero-order valence-corrected chi connectivity index (χ0v) is 19.0. The van der Waals surface area contributed by atoms with Crippen molar-refractivity contribution in [3.05, 3.63) is 31.7 Å². The zero-order valence-electron chi connectivity index (χ0n) is 17.4. The first-order valence-corrected chi connectivity index (χ1v) is 11.8. The molecule has 1 aliphatic heterocycles. The van der Waals surface area contributed by atoms with Gasteiger partial charge in [0.25, 0.3) is 0 Å². The molecule has 0 atom stereocenters. The molecule has 28 heavy (non-hydrogen) atoms. The third kappa shape index (κ3) is 6.25. The molecule has 0 radical (unpaired) electrons. The van der Waals surface area contributed by atoms with Gasteiger partial charge in [-0.2, -0.15) is 0 Å². The molecule has 0 amide bonds. The molecular formula is C20H32N6S2. The first-order valence-electron chi connectivity index (χ1n) is 10.1. The molecule has 3 heterocycles. The van der Waals surface area contributed by atoms with Crippen LogP contribution in [0, 0.1) is 26.7 Å². The highest BCUT2D eigenvalue weighted by Gasteiger charge is 2.20. The molecule has 2 N–H and O–H groups in total. The van der Waals surface area contributed by atoms with Gasteiger partial charge in [-0.25, -0.2) is 15.0 Å². The Morgan fingerprint density at radius 3 is 2.61 bits per heavy atom. The highest BCUT2D eigenvalue weighted by molar-refractivity contribution is 7.11. The van der Waals surface area contributed by atoms with Crippen LogP contribution < -0.4 is 10.6 Å². The molecule has 2 aromatic rings. The third-order valence-corrected chi connectivity index (χ3v) is 6.99. The largest absolute Gasteiger partial charge is 0.357 e. The maximum atomic E-state index is 4.72. The average molecular weight is 421 g/mol. The van der Waals surface area contributed by atoms with E-state index in [1.165, 1.54) is 23.4 Å². The van der Waals surface area contributed by atoms with Crippen LogP contribution in [0.3, 0.4) is 0 Å². The van der Waals surface area contributed by atoms with Crippen LogP contribution in [0.15, 0.2) is 10.4 Å². The minimum Gasteiger partial charge on any atom is -0.357 e. The van der Waals surface area contributed by atoms with E-state index in [1.54, 1.807) is 22.7 Å². The minimum atomic E-state index is 0.639. The van der Waals surface area contributed by atoms with Crippen molar-refractivity contribution in [1.29, 1.82) is 0 Å². The van der Waals surface area contributed by atoms with Crippen molar-refractivity contribution in [2.45, 2.75) is 53.6 Å². The van der Waals surface area contributed by atoms with Gasteiger partial charge >= 0.3 is 0 Å². The Morgan fingerprint density at radius 2 is 2.00 bits per heavy atom. The van der Waals surface area contributed by atoms with Gasteiger partial charge in [-0.1, -0.05) is 0 Å². The summed E-state index contributed by atoms with van der Waals surface area (Å²) in [5.74, 6) is 1.59. The number of nitrogens with zero attached hydrogens (tertiary/aromatic N) is 4. The fourth-order valence-electron chi connectivity index (χ4n) is 3.39. The molecule has 1 aliphatic rings. The SMILES string of the molecule is CCNC(=NCc1nc(C)c(C)s1)NCC1CCN(Cc2csc(C)n2)CC1. The number of hydrogen-bond acceptors (Lipinski definition) is 6. The van der Waals surface area contributed by atoms with E-state index >= 15 is 0 Å². The molecule has 8 heteroatoms. The Bertz CT molecular complexity index is 754. The number of aryl methyl sites for hydroxylation is 3. The van der Waals surface area contributed by atoms with Gasteiger partial charge in [-0.3, -0.25) is 4.90 Å². The monoisotopic (exact) mass is 420 g/mol. The quantitative estimate of drug-likeness (QED) is 0.530. The van der Waals surface area contributed by atoms with Gasteiger partial charge in [-0.05, 0) is 59.5 Å². The van der Waals surface area contributed by atoms with E-state index in [0.29, 0.717) is 12.5 Å². The molecule has 1 saturated heterocycles. The van der Waals surface area contributed by atoms with E-state index in [9.17, 15) is 0 Å². The third-order valence-electron chi connectivity index (χ3n) is 5.11. The van der Waals surface area contributed by atoms with E-state index < -0.39 is 0 Å². The molecule has 0 aliphatic carbocycles. The average Bonchev–Trinajstić information content (AvgIpc) is 3.23. The van der Waals surface area contributed by atoms with Gasteiger partial charge < -0.3 is 10.6 Å². The molecule has 0 spiro atoms. The topological polar surface area (TPSA) is 65.4 Å². The molecule has 1 fully saturated rings. The molecule has 0 unspecified atom stereocenters. The fraction of sp³-hybridized carbons (Fsp3) is 0.650. The highest BCUT2D eigenvalue weighted by atomic mass is 32.1. The van der Waals surface area contributed by atoms with Crippen LogP contribution in [0.2, 0.25) is 0 Å². The lowest BCUT2D eigenvalue weighted by Gasteiger charge is -2.31. The lowest BCUT2D eigenvalue weighted by Crippen LogP contribution is -2.42. The van der Waals surface area contributed by atoms with E-state index in [4.69, 9.17) is 4.99 Å². The van der Waals surface area contributed by atoms with Gasteiger partial charge in [0.05, 0.1) is 22.9 Å². The second-order valence-corrected chi connectivity index (χ2v) is 9.75. The lowest BCUT2D eigenvalue weighted by atomic mass is 9.97. The van der Waals surface area contributed by atoms with Crippen LogP contribution in [0.25, 0.3) is 0 Å². The molecule has 2 aromatic heterocycles. The van der Waals surface area contributed by atoms with Crippen LogP contribution in [0.4, 0.5) is 0 Å². The van der Waals surface area contributed by atoms with E-state index in [-0.39, 0.29) is 0 Å². The molecule has 0 aromatic carbocycles. The van der Waals surface area contributed by atoms with Crippen LogP contribution in [-0.2, 0) is 13.1 Å². The number of nitrogens with one attached hydrogen (secondary N) is 2. The van der Waals surface area contributed by atoms with Gasteiger partial charge in [0.2, 0.25) is 0 Å². The molecule has 0 bridgehead atoms. The fourth-order valence-corrected chi connectivity index (χ4v) is 4.86. The number of aliphatic imine (C=N–C) groups is 1. The van der Waals surface area contributed by atoms with Crippen molar-refractivity contribution >= 4 is 28.6 Å². The first-order chi connectivity index (χ1) is 13.5. The Labute approximate surface area is 176 Å². The highest BCUT2D eigenvalue weighted by Crippen LogP contribution is 2.19. The van der Waals surface area contributed by atoms with E-state index in [0.717, 1.165) is 54.4 Å². The summed E-state index contributed by atoms with van der Waals surface area (Å²) in [6.07, 6.45) is 2.45. The molecule has 154 valence electrons. The van der Waals surface area contributed by atoms with E-state index in [2.05, 4.69) is 58.6 Å². The summed E-state index contributed by atoms with van der Waals surface area (Å²) in [5.41, 5.74) is 2.33. The van der Waals surface area contributed by atoms with Crippen LogP contribution in [0.1, 0.15) is 46.0 Å². The molecular weight excluding hydrogens is 388 g/mol. The zero-order chi connectivity index (χ0) is 19.9. The maximum Gasteiger partial charge on any atom is 0.191 e.